The largest absolute Gasteiger partial charge is 0.772 e. The van der Waals surface area contributed by atoms with Crippen LogP contribution in [0.4, 0.5) is 4.79 Å². The first-order chi connectivity index (χ1) is 14.9. The molecule has 3 heterocycles. The molecular weight excluding hydrogens is 434 g/mol. The predicted octanol–water partition coefficient (Wildman–Crippen LogP) is 4.46. The minimum atomic E-state index is -2.09. The van der Waals surface area contributed by atoms with Crippen molar-refractivity contribution in [3.8, 4) is 11.3 Å². The highest BCUT2D eigenvalue weighted by Crippen LogP contribution is 2.34. The molecule has 0 saturated carbocycles. The van der Waals surface area contributed by atoms with Gasteiger partial charge < -0.3 is 14.2 Å². The molecule has 0 N–H and O–H groups in total. The fourth-order valence-electron chi connectivity index (χ4n) is 3.66. The third-order valence-electron chi connectivity index (χ3n) is 5.25. The van der Waals surface area contributed by atoms with Crippen LogP contribution in [0.25, 0.3) is 21.6 Å². The van der Waals surface area contributed by atoms with Gasteiger partial charge in [0, 0.05) is 30.3 Å². The molecule has 164 valence electrons. The van der Waals surface area contributed by atoms with Crippen LogP contribution in [0.15, 0.2) is 36.4 Å². The number of hydrogen-bond acceptors (Lipinski definition) is 7. The lowest BCUT2D eigenvalue weighted by Gasteiger charge is -2.30. The second kappa shape index (κ2) is 9.42. The maximum absolute atomic E-state index is 12.1. The number of hydrogen-bond donors (Lipinski definition) is 0. The molecule has 1 aliphatic rings. The van der Waals surface area contributed by atoms with Crippen LogP contribution in [0.5, 0.6) is 0 Å². The summed E-state index contributed by atoms with van der Waals surface area (Å²) in [6.07, 6.45) is 1.38. The zero-order valence-corrected chi connectivity index (χ0v) is 19.1. The van der Waals surface area contributed by atoms with Gasteiger partial charge in [0.15, 0.2) is 0 Å². The lowest BCUT2D eigenvalue weighted by molar-refractivity contribution is 0.0692. The van der Waals surface area contributed by atoms with E-state index in [4.69, 9.17) is 14.7 Å². The summed E-state index contributed by atoms with van der Waals surface area (Å²) in [4.78, 5) is 24.3. The molecule has 1 fully saturated rings. The van der Waals surface area contributed by atoms with Gasteiger partial charge in [-0.15, -0.1) is 0 Å². The summed E-state index contributed by atoms with van der Waals surface area (Å²) in [5, 5.41) is 1.06. The number of aromatic nitrogens is 2. The van der Waals surface area contributed by atoms with Crippen LogP contribution in [-0.4, -0.2) is 48.9 Å². The van der Waals surface area contributed by atoms with E-state index in [1.54, 1.807) is 16.2 Å². The van der Waals surface area contributed by atoms with E-state index in [2.05, 4.69) is 0 Å². The predicted molar refractivity (Wildman–Crippen MR) is 121 cm³/mol. The van der Waals surface area contributed by atoms with E-state index in [9.17, 15) is 13.6 Å². The van der Waals surface area contributed by atoms with Crippen LogP contribution in [-0.2, 0) is 21.6 Å². The van der Waals surface area contributed by atoms with E-state index in [0.29, 0.717) is 19.0 Å². The van der Waals surface area contributed by atoms with Crippen molar-refractivity contribution in [2.75, 3.05) is 13.1 Å². The van der Waals surface area contributed by atoms with Crippen molar-refractivity contribution in [3.05, 3.63) is 47.0 Å². The Kier molecular flexibility index (Phi) is 6.64. The number of carbonyl (C=O) groups is 1. The number of rotatable bonds is 5. The molecule has 1 aliphatic heterocycles. The van der Waals surface area contributed by atoms with Crippen LogP contribution in [0, 0.1) is 0 Å². The molecule has 0 radical (unpaired) electrons. The Morgan fingerprint density at radius 2 is 1.90 bits per heavy atom. The summed E-state index contributed by atoms with van der Waals surface area (Å²) in [6, 6.07) is 11.3. The molecule has 7 nitrogen and oxygen atoms in total. The van der Waals surface area contributed by atoms with Crippen molar-refractivity contribution in [2.45, 2.75) is 44.5 Å². The number of thiazole rings is 1. The summed E-state index contributed by atoms with van der Waals surface area (Å²) in [6.45, 7) is 5.06. The van der Waals surface area contributed by atoms with Crippen LogP contribution in [0.2, 0.25) is 0 Å². The van der Waals surface area contributed by atoms with Crippen LogP contribution in [0.3, 0.4) is 0 Å². The summed E-state index contributed by atoms with van der Waals surface area (Å²) >= 11 is -0.489. The van der Waals surface area contributed by atoms with Crippen LogP contribution in [0.1, 0.15) is 43.2 Å². The minimum absolute atomic E-state index is 0.0129. The number of piperidine rings is 1. The average molecular weight is 459 g/mol. The Morgan fingerprint density at radius 3 is 2.55 bits per heavy atom. The number of carbonyl (C=O) groups excluding carboxylic acids is 1. The third-order valence-corrected chi connectivity index (χ3v) is 6.94. The van der Waals surface area contributed by atoms with E-state index in [1.165, 1.54) is 0 Å². The molecule has 1 atom stereocenters. The van der Waals surface area contributed by atoms with E-state index in [-0.39, 0.29) is 18.0 Å². The van der Waals surface area contributed by atoms with Gasteiger partial charge >= 0.3 is 6.09 Å². The quantitative estimate of drug-likeness (QED) is 0.524. The first kappa shape index (κ1) is 21.9. The van der Waals surface area contributed by atoms with E-state index < -0.39 is 11.1 Å². The summed E-state index contributed by atoms with van der Waals surface area (Å²) in [5.74, 6) is 0.330. The molecule has 9 heteroatoms. The van der Waals surface area contributed by atoms with Gasteiger partial charge in [0.05, 0.1) is 16.8 Å². The van der Waals surface area contributed by atoms with E-state index >= 15 is 0 Å². The van der Waals surface area contributed by atoms with Crippen molar-refractivity contribution >= 4 is 38.9 Å². The molecule has 1 unspecified atom stereocenters. The molecule has 0 spiro atoms. The molecule has 31 heavy (non-hydrogen) atoms. The smallest absolute Gasteiger partial charge is 0.410 e. The molecule has 1 saturated heterocycles. The highest BCUT2D eigenvalue weighted by atomic mass is 32.2. The van der Waals surface area contributed by atoms with Crippen molar-refractivity contribution in [2.24, 2.45) is 0 Å². The Hall–Kier alpha value is -2.36. The molecule has 3 aromatic rings. The van der Waals surface area contributed by atoms with Crippen molar-refractivity contribution < 1.29 is 18.3 Å². The van der Waals surface area contributed by atoms with E-state index in [1.807, 2.05) is 50.2 Å². The number of nitrogens with zero attached hydrogens (tertiary/aromatic N) is 3. The van der Waals surface area contributed by atoms with Gasteiger partial charge in [0.2, 0.25) is 0 Å². The summed E-state index contributed by atoms with van der Waals surface area (Å²) in [5.41, 5.74) is 3.41. The highest BCUT2D eigenvalue weighted by Gasteiger charge is 2.27. The van der Waals surface area contributed by atoms with Gasteiger partial charge in [-0.2, -0.15) is 0 Å². The van der Waals surface area contributed by atoms with Crippen molar-refractivity contribution in [1.82, 2.24) is 14.9 Å². The molecule has 4 rings (SSSR count). The monoisotopic (exact) mass is 458 g/mol. The lowest BCUT2D eigenvalue weighted by atomic mass is 9.98. The number of ether oxygens (including phenoxy) is 1. The second-order valence-corrected chi connectivity index (χ2v) is 9.82. The van der Waals surface area contributed by atoms with E-state index in [0.717, 1.165) is 45.0 Å². The third kappa shape index (κ3) is 5.28. The first-order valence-corrected chi connectivity index (χ1v) is 12.3. The van der Waals surface area contributed by atoms with Gasteiger partial charge in [-0.25, -0.2) is 14.8 Å². The molecular formula is C22H24N3O4S2-. The zero-order chi connectivity index (χ0) is 22.0. The van der Waals surface area contributed by atoms with Crippen LogP contribution < -0.4 is 0 Å². The molecule has 2 aromatic heterocycles. The fraction of sp³-hybridized carbons (Fsp3) is 0.409. The lowest BCUT2D eigenvalue weighted by Crippen LogP contribution is -2.39. The molecule has 1 amide bonds. The molecule has 0 bridgehead atoms. The standard InChI is InChI=1S/C22H25N3O4S2/c1-14(2)29-22(26)25-11-9-17(10-12-25)20-24-19-8-7-18(23-21(19)30-20)16-5-3-15(4-6-16)13-31(27)28/h3-8,14,17H,9-13H2,1-2H3,(H,27,28)/p-1. The van der Waals surface area contributed by atoms with Crippen molar-refractivity contribution in [3.63, 3.8) is 0 Å². The molecule has 1 aromatic carbocycles. The number of pyridine rings is 1. The summed E-state index contributed by atoms with van der Waals surface area (Å²) < 4.78 is 27.0. The maximum Gasteiger partial charge on any atom is 0.410 e. The topological polar surface area (TPSA) is 95.5 Å². The normalized spacial score (nSPS) is 16.1. The minimum Gasteiger partial charge on any atom is -0.772 e. The van der Waals surface area contributed by atoms with Gasteiger partial charge in [0.25, 0.3) is 0 Å². The fourth-order valence-corrected chi connectivity index (χ4v) is 5.23. The van der Waals surface area contributed by atoms with Gasteiger partial charge in [-0.1, -0.05) is 46.7 Å². The number of benzene rings is 1. The number of fused-ring (bicyclic) bond motifs is 1. The van der Waals surface area contributed by atoms with Crippen LogP contribution >= 0.6 is 11.3 Å². The highest BCUT2D eigenvalue weighted by molar-refractivity contribution is 7.78. The zero-order valence-electron chi connectivity index (χ0n) is 17.4. The van der Waals surface area contributed by atoms with Gasteiger partial charge in [-0.3, -0.25) is 4.21 Å². The van der Waals surface area contributed by atoms with Crippen molar-refractivity contribution in [1.29, 1.82) is 0 Å². The number of amides is 1. The maximum atomic E-state index is 12.1. The first-order valence-electron chi connectivity index (χ1n) is 10.3. The number of likely N-dealkylation sites (tertiary alicyclic amines) is 1. The Labute approximate surface area is 187 Å². The molecule has 0 aliphatic carbocycles. The van der Waals surface area contributed by atoms with Gasteiger partial charge in [0.1, 0.15) is 10.3 Å². The summed E-state index contributed by atoms with van der Waals surface area (Å²) in [7, 11) is 0. The second-order valence-electron chi connectivity index (χ2n) is 7.91. The average Bonchev–Trinajstić information content (AvgIpc) is 3.17. The Balaban J connectivity index is 1.46. The Morgan fingerprint density at radius 1 is 1.19 bits per heavy atom. The Bertz CT molecular complexity index is 1090. The van der Waals surface area contributed by atoms with Gasteiger partial charge in [-0.05, 0) is 44.4 Å². The SMILES string of the molecule is CC(C)OC(=O)N1CCC(c2nc3ccc(-c4ccc(CS(=O)[O-])cc4)nc3s2)CC1.